The summed E-state index contributed by atoms with van der Waals surface area (Å²) in [6, 6.07) is 15.5. The van der Waals surface area contributed by atoms with Crippen molar-refractivity contribution in [3.63, 3.8) is 0 Å². The van der Waals surface area contributed by atoms with Crippen molar-refractivity contribution < 1.29 is 4.39 Å². The van der Waals surface area contributed by atoms with Gasteiger partial charge in [-0.1, -0.05) is 35.0 Å². The van der Waals surface area contributed by atoms with Gasteiger partial charge >= 0.3 is 0 Å². The van der Waals surface area contributed by atoms with Gasteiger partial charge in [0.2, 0.25) is 0 Å². The summed E-state index contributed by atoms with van der Waals surface area (Å²) in [5.74, 6) is 0.815. The highest BCUT2D eigenvalue weighted by Crippen LogP contribution is 2.22. The molecule has 0 aliphatic carbocycles. The Balaban J connectivity index is 1.92. The van der Waals surface area contributed by atoms with E-state index in [1.165, 1.54) is 22.6 Å². The third kappa shape index (κ3) is 5.81. The minimum atomic E-state index is -0.178. The summed E-state index contributed by atoms with van der Waals surface area (Å²) in [5, 5.41) is 3.50. The molecular formula is C17H19BrFNS. The minimum Gasteiger partial charge on any atom is -0.313 e. The molecule has 0 aliphatic heterocycles. The first-order chi connectivity index (χ1) is 10.2. The zero-order valence-electron chi connectivity index (χ0n) is 12.0. The van der Waals surface area contributed by atoms with E-state index in [1.807, 2.05) is 23.9 Å². The first kappa shape index (κ1) is 16.5. The molecule has 0 saturated heterocycles. The molecule has 2 aromatic rings. The predicted molar refractivity (Wildman–Crippen MR) is 92.4 cm³/mol. The minimum absolute atomic E-state index is 0.178. The molecule has 1 atom stereocenters. The van der Waals surface area contributed by atoms with Crippen LogP contribution in [-0.4, -0.2) is 18.3 Å². The van der Waals surface area contributed by atoms with Crippen LogP contribution in [0.2, 0.25) is 0 Å². The van der Waals surface area contributed by atoms with Gasteiger partial charge in [-0.15, -0.1) is 11.8 Å². The van der Waals surface area contributed by atoms with E-state index < -0.39 is 0 Å². The summed E-state index contributed by atoms with van der Waals surface area (Å²) in [4.78, 5) is 1.26. The molecule has 21 heavy (non-hydrogen) atoms. The third-order valence-corrected chi connectivity index (χ3v) is 4.86. The Hall–Kier alpha value is -0.840. The van der Waals surface area contributed by atoms with Crippen LogP contribution in [0, 0.1) is 5.82 Å². The molecule has 0 spiro atoms. The monoisotopic (exact) mass is 367 g/mol. The van der Waals surface area contributed by atoms with Gasteiger partial charge in [0.1, 0.15) is 5.82 Å². The Labute approximate surface area is 138 Å². The second-order valence-corrected chi connectivity index (χ2v) is 6.86. The van der Waals surface area contributed by atoms with Crippen LogP contribution in [-0.2, 0) is 6.42 Å². The van der Waals surface area contributed by atoms with Crippen molar-refractivity contribution in [1.82, 2.24) is 5.32 Å². The van der Waals surface area contributed by atoms with Gasteiger partial charge in [-0.3, -0.25) is 0 Å². The van der Waals surface area contributed by atoms with E-state index >= 15 is 0 Å². The lowest BCUT2D eigenvalue weighted by atomic mass is 10.1. The van der Waals surface area contributed by atoms with Crippen LogP contribution in [0.5, 0.6) is 0 Å². The highest BCUT2D eigenvalue weighted by molar-refractivity contribution is 9.10. The lowest BCUT2D eigenvalue weighted by molar-refractivity contribution is 0.571. The summed E-state index contributed by atoms with van der Waals surface area (Å²) in [6.07, 6.45) is 0.914. The van der Waals surface area contributed by atoms with Crippen LogP contribution in [0.4, 0.5) is 4.39 Å². The number of halogens is 2. The second kappa shape index (κ2) is 8.57. The molecule has 1 N–H and O–H groups in total. The van der Waals surface area contributed by atoms with Gasteiger partial charge < -0.3 is 5.32 Å². The molecule has 0 bridgehead atoms. The van der Waals surface area contributed by atoms with Crippen molar-refractivity contribution in [3.8, 4) is 0 Å². The molecule has 4 heteroatoms. The first-order valence-electron chi connectivity index (χ1n) is 7.03. The molecular weight excluding hydrogens is 349 g/mol. The maximum atomic E-state index is 13.0. The lowest BCUT2D eigenvalue weighted by Crippen LogP contribution is -2.33. The fraction of sp³-hybridized carbons (Fsp3) is 0.294. The van der Waals surface area contributed by atoms with Crippen molar-refractivity contribution >= 4 is 27.7 Å². The van der Waals surface area contributed by atoms with Gasteiger partial charge in [0.05, 0.1) is 0 Å². The zero-order chi connectivity index (χ0) is 15.1. The number of nitrogens with one attached hydrogen (secondary N) is 1. The van der Waals surface area contributed by atoms with Crippen LogP contribution in [0.1, 0.15) is 12.5 Å². The van der Waals surface area contributed by atoms with Crippen molar-refractivity contribution in [2.45, 2.75) is 24.3 Å². The van der Waals surface area contributed by atoms with Gasteiger partial charge in [-0.05, 0) is 54.9 Å². The van der Waals surface area contributed by atoms with Crippen molar-refractivity contribution in [3.05, 3.63) is 64.4 Å². The maximum Gasteiger partial charge on any atom is 0.123 e. The topological polar surface area (TPSA) is 12.0 Å². The third-order valence-electron chi connectivity index (χ3n) is 3.15. The smallest absolute Gasteiger partial charge is 0.123 e. The highest BCUT2D eigenvalue weighted by atomic mass is 79.9. The zero-order valence-corrected chi connectivity index (χ0v) is 14.4. The molecule has 0 saturated carbocycles. The normalized spacial score (nSPS) is 12.3. The standard InChI is InChI=1S/C17H19BrFNS/c1-2-20-16(11-13-3-7-15(19)8-4-13)12-21-17-9-5-14(18)6-10-17/h3-10,16,20H,2,11-12H2,1H3. The van der Waals surface area contributed by atoms with E-state index in [1.54, 1.807) is 0 Å². The molecule has 0 heterocycles. The number of hydrogen-bond acceptors (Lipinski definition) is 2. The van der Waals surface area contributed by atoms with Crippen LogP contribution < -0.4 is 5.32 Å². The molecule has 112 valence electrons. The lowest BCUT2D eigenvalue weighted by Gasteiger charge is -2.17. The Bertz CT molecular complexity index is 542. The second-order valence-electron chi connectivity index (χ2n) is 4.85. The quantitative estimate of drug-likeness (QED) is 0.698. The fourth-order valence-corrected chi connectivity index (χ4v) is 3.33. The van der Waals surface area contributed by atoms with E-state index in [-0.39, 0.29) is 5.82 Å². The summed E-state index contributed by atoms with van der Waals surface area (Å²) < 4.78 is 14.0. The summed E-state index contributed by atoms with van der Waals surface area (Å²) in [6.45, 7) is 3.05. The van der Waals surface area contributed by atoms with Crippen LogP contribution in [0.15, 0.2) is 57.9 Å². The maximum absolute atomic E-state index is 13.0. The average molecular weight is 368 g/mol. The van der Waals surface area contributed by atoms with Gasteiger partial charge in [0.25, 0.3) is 0 Å². The van der Waals surface area contributed by atoms with E-state index in [0.29, 0.717) is 6.04 Å². The number of benzene rings is 2. The molecule has 0 fully saturated rings. The Morgan fingerprint density at radius 2 is 1.76 bits per heavy atom. The molecule has 2 rings (SSSR count). The van der Waals surface area contributed by atoms with Crippen molar-refractivity contribution in [1.29, 1.82) is 0 Å². The van der Waals surface area contributed by atoms with Crippen LogP contribution in [0.25, 0.3) is 0 Å². The molecule has 0 amide bonds. The molecule has 2 aromatic carbocycles. The molecule has 0 aromatic heterocycles. The average Bonchev–Trinajstić information content (AvgIpc) is 2.49. The number of rotatable bonds is 7. The SMILES string of the molecule is CCNC(CSc1ccc(Br)cc1)Cc1ccc(F)cc1. The van der Waals surface area contributed by atoms with E-state index in [4.69, 9.17) is 0 Å². The van der Waals surface area contributed by atoms with Gasteiger partial charge in [-0.2, -0.15) is 0 Å². The van der Waals surface area contributed by atoms with E-state index in [2.05, 4.69) is 52.4 Å². The number of hydrogen-bond donors (Lipinski definition) is 1. The number of likely N-dealkylation sites (N-methyl/N-ethyl adjacent to an activating group) is 1. The summed E-state index contributed by atoms with van der Waals surface area (Å²) in [7, 11) is 0. The fourth-order valence-electron chi connectivity index (χ4n) is 2.11. The number of thioether (sulfide) groups is 1. The Kier molecular flexibility index (Phi) is 6.74. The van der Waals surface area contributed by atoms with E-state index in [0.717, 1.165) is 23.2 Å². The Morgan fingerprint density at radius 1 is 1.10 bits per heavy atom. The van der Waals surface area contributed by atoms with Gasteiger partial charge in [0, 0.05) is 21.2 Å². The van der Waals surface area contributed by atoms with Crippen molar-refractivity contribution in [2.24, 2.45) is 0 Å². The molecule has 0 radical (unpaired) electrons. The predicted octanol–water partition coefficient (Wildman–Crippen LogP) is 4.90. The van der Waals surface area contributed by atoms with Crippen LogP contribution in [0.3, 0.4) is 0 Å². The summed E-state index contributed by atoms with van der Waals surface area (Å²) >= 11 is 5.29. The molecule has 1 nitrogen and oxygen atoms in total. The molecule has 1 unspecified atom stereocenters. The van der Waals surface area contributed by atoms with Crippen molar-refractivity contribution in [2.75, 3.05) is 12.3 Å². The summed E-state index contributed by atoms with van der Waals surface area (Å²) in [5.41, 5.74) is 1.17. The van der Waals surface area contributed by atoms with E-state index in [9.17, 15) is 4.39 Å². The van der Waals surface area contributed by atoms with Gasteiger partial charge in [0.15, 0.2) is 0 Å². The largest absolute Gasteiger partial charge is 0.313 e. The van der Waals surface area contributed by atoms with Gasteiger partial charge in [-0.25, -0.2) is 4.39 Å². The highest BCUT2D eigenvalue weighted by Gasteiger charge is 2.09. The molecule has 0 aliphatic rings. The Morgan fingerprint density at radius 3 is 2.38 bits per heavy atom. The van der Waals surface area contributed by atoms with Crippen LogP contribution >= 0.6 is 27.7 Å². The first-order valence-corrected chi connectivity index (χ1v) is 8.81.